The van der Waals surface area contributed by atoms with Gasteiger partial charge >= 0.3 is 0 Å². The summed E-state index contributed by atoms with van der Waals surface area (Å²) < 4.78 is 5.56. The van der Waals surface area contributed by atoms with E-state index in [-0.39, 0.29) is 30.4 Å². The van der Waals surface area contributed by atoms with Gasteiger partial charge in [0.2, 0.25) is 5.95 Å². The van der Waals surface area contributed by atoms with Gasteiger partial charge in [0, 0.05) is 30.1 Å². The Bertz CT molecular complexity index is 808. The van der Waals surface area contributed by atoms with E-state index < -0.39 is 0 Å². The summed E-state index contributed by atoms with van der Waals surface area (Å²) in [5.41, 5.74) is 7.53. The van der Waals surface area contributed by atoms with Crippen molar-refractivity contribution >= 4 is 29.3 Å². The van der Waals surface area contributed by atoms with Gasteiger partial charge in [0.15, 0.2) is 6.61 Å². The predicted molar refractivity (Wildman–Crippen MR) is 102 cm³/mol. The Balaban J connectivity index is 1.46. The highest BCUT2D eigenvalue weighted by atomic mass is 35.5. The molecule has 4 N–H and O–H groups in total. The fourth-order valence-corrected chi connectivity index (χ4v) is 3.21. The van der Waals surface area contributed by atoms with E-state index in [0.717, 1.165) is 24.1 Å². The highest BCUT2D eigenvalue weighted by Gasteiger charge is 2.32. The lowest BCUT2D eigenvalue weighted by atomic mass is 9.78. The lowest BCUT2D eigenvalue weighted by Gasteiger charge is -2.35. The minimum absolute atomic E-state index is 0.0198. The SMILES string of the molecule is CNc1cc(C2CC(NC(=O)COc3ccc(Cl)cc3C)C2)nc(N)n1. The highest BCUT2D eigenvalue weighted by Crippen LogP contribution is 2.36. The molecule has 1 heterocycles. The number of carbonyl (C=O) groups excluding carboxylic acids is 1. The monoisotopic (exact) mass is 375 g/mol. The van der Waals surface area contributed by atoms with Gasteiger partial charge < -0.3 is 21.1 Å². The van der Waals surface area contributed by atoms with Gasteiger partial charge in [-0.3, -0.25) is 4.79 Å². The van der Waals surface area contributed by atoms with Gasteiger partial charge in [-0.2, -0.15) is 4.98 Å². The van der Waals surface area contributed by atoms with E-state index in [1.807, 2.05) is 13.0 Å². The molecule has 0 unspecified atom stereocenters. The first-order valence-corrected chi connectivity index (χ1v) is 8.83. The number of nitrogen functional groups attached to an aromatic ring is 1. The number of hydrogen-bond donors (Lipinski definition) is 3. The van der Waals surface area contributed by atoms with Gasteiger partial charge in [-0.15, -0.1) is 0 Å². The van der Waals surface area contributed by atoms with Crippen molar-refractivity contribution in [3.63, 3.8) is 0 Å². The lowest BCUT2D eigenvalue weighted by Crippen LogP contribution is -2.45. The molecule has 0 saturated heterocycles. The van der Waals surface area contributed by atoms with Gasteiger partial charge in [-0.05, 0) is 43.5 Å². The number of halogens is 1. The molecule has 1 aromatic heterocycles. The molecule has 0 bridgehead atoms. The van der Waals surface area contributed by atoms with Crippen molar-refractivity contribution in [2.45, 2.75) is 31.7 Å². The van der Waals surface area contributed by atoms with Crippen LogP contribution >= 0.6 is 11.6 Å². The second kappa shape index (κ2) is 7.78. The summed E-state index contributed by atoms with van der Waals surface area (Å²) in [6.45, 7) is 1.87. The number of hydrogen-bond acceptors (Lipinski definition) is 6. The van der Waals surface area contributed by atoms with Crippen molar-refractivity contribution in [2.24, 2.45) is 0 Å². The Kier molecular flexibility index (Phi) is 5.46. The van der Waals surface area contributed by atoms with Gasteiger partial charge in [-0.1, -0.05) is 11.6 Å². The third-order valence-electron chi connectivity index (χ3n) is 4.44. The molecule has 7 nitrogen and oxygen atoms in total. The largest absolute Gasteiger partial charge is 0.484 e. The van der Waals surface area contributed by atoms with Crippen molar-refractivity contribution in [2.75, 3.05) is 24.7 Å². The number of ether oxygens (including phenoxy) is 1. The molecule has 1 fully saturated rings. The van der Waals surface area contributed by atoms with Crippen LogP contribution in [0.15, 0.2) is 24.3 Å². The first kappa shape index (κ1) is 18.3. The molecular formula is C18H22ClN5O2. The van der Waals surface area contributed by atoms with E-state index in [1.165, 1.54) is 0 Å². The molecule has 2 aromatic rings. The Labute approximate surface area is 157 Å². The second-order valence-electron chi connectivity index (χ2n) is 6.42. The summed E-state index contributed by atoms with van der Waals surface area (Å²) >= 11 is 5.91. The van der Waals surface area contributed by atoms with Crippen molar-refractivity contribution in [1.82, 2.24) is 15.3 Å². The van der Waals surface area contributed by atoms with Crippen molar-refractivity contribution in [3.8, 4) is 5.75 Å². The number of nitrogens with two attached hydrogens (primary N) is 1. The van der Waals surface area contributed by atoms with Crippen molar-refractivity contribution < 1.29 is 9.53 Å². The zero-order chi connectivity index (χ0) is 18.7. The topological polar surface area (TPSA) is 102 Å². The fourth-order valence-electron chi connectivity index (χ4n) is 2.99. The molecule has 1 aromatic carbocycles. The van der Waals surface area contributed by atoms with Crippen LogP contribution in [0.25, 0.3) is 0 Å². The molecule has 1 aliphatic rings. The number of nitrogens with zero attached hydrogens (tertiary/aromatic N) is 2. The Morgan fingerprint density at radius 1 is 1.35 bits per heavy atom. The third kappa shape index (κ3) is 4.35. The standard InChI is InChI=1S/C18H22ClN5O2/c1-10-5-12(19)3-4-15(10)26-9-17(25)22-13-6-11(7-13)14-8-16(21-2)24-18(20)23-14/h3-5,8,11,13H,6-7,9H2,1-2H3,(H,22,25)(H3,20,21,23,24). The van der Waals surface area contributed by atoms with Gasteiger partial charge in [0.1, 0.15) is 11.6 Å². The first-order chi connectivity index (χ1) is 12.4. The summed E-state index contributed by atoms with van der Waals surface area (Å²) in [7, 11) is 1.79. The molecule has 0 radical (unpaired) electrons. The van der Waals surface area contributed by atoms with E-state index in [0.29, 0.717) is 16.6 Å². The summed E-state index contributed by atoms with van der Waals surface area (Å²) in [5.74, 6) is 1.75. The second-order valence-corrected chi connectivity index (χ2v) is 6.85. The van der Waals surface area contributed by atoms with Crippen LogP contribution in [0.4, 0.5) is 11.8 Å². The molecule has 138 valence electrons. The Morgan fingerprint density at radius 3 is 2.81 bits per heavy atom. The van der Waals surface area contributed by atoms with Gasteiger partial charge in [-0.25, -0.2) is 4.98 Å². The number of rotatable bonds is 6. The number of amides is 1. The van der Waals surface area contributed by atoms with E-state index in [1.54, 1.807) is 25.2 Å². The lowest BCUT2D eigenvalue weighted by molar-refractivity contribution is -0.124. The summed E-state index contributed by atoms with van der Waals surface area (Å²) in [6.07, 6.45) is 1.65. The normalized spacial score (nSPS) is 18.7. The Hall–Kier alpha value is -2.54. The van der Waals surface area contributed by atoms with Crippen molar-refractivity contribution in [3.05, 3.63) is 40.5 Å². The number of carbonyl (C=O) groups is 1. The van der Waals surface area contributed by atoms with Crippen LogP contribution in [0.5, 0.6) is 5.75 Å². The van der Waals surface area contributed by atoms with Crippen LogP contribution in [-0.4, -0.2) is 35.6 Å². The van der Waals surface area contributed by atoms with Crippen LogP contribution in [0.2, 0.25) is 5.02 Å². The average Bonchev–Trinajstić information content (AvgIpc) is 2.56. The molecule has 0 atom stereocenters. The predicted octanol–water partition coefficient (Wildman–Crippen LogP) is 2.50. The van der Waals surface area contributed by atoms with E-state index in [9.17, 15) is 4.79 Å². The zero-order valence-corrected chi connectivity index (χ0v) is 15.5. The summed E-state index contributed by atoms with van der Waals surface area (Å²) in [6, 6.07) is 7.33. The molecule has 8 heteroatoms. The van der Waals surface area contributed by atoms with Gasteiger partial charge in [0.25, 0.3) is 5.91 Å². The fraction of sp³-hybridized carbons (Fsp3) is 0.389. The van der Waals surface area contributed by atoms with Crippen LogP contribution in [0.3, 0.4) is 0 Å². The molecular weight excluding hydrogens is 354 g/mol. The number of benzene rings is 1. The molecule has 1 aliphatic carbocycles. The molecule has 0 aliphatic heterocycles. The highest BCUT2D eigenvalue weighted by molar-refractivity contribution is 6.30. The van der Waals surface area contributed by atoms with Crippen LogP contribution in [-0.2, 0) is 4.79 Å². The minimum Gasteiger partial charge on any atom is -0.484 e. The summed E-state index contributed by atoms with van der Waals surface area (Å²) in [4.78, 5) is 20.5. The summed E-state index contributed by atoms with van der Waals surface area (Å²) in [5, 5.41) is 6.59. The maximum Gasteiger partial charge on any atom is 0.258 e. The molecule has 3 rings (SSSR count). The van der Waals surface area contributed by atoms with E-state index in [4.69, 9.17) is 22.1 Å². The number of aryl methyl sites for hydroxylation is 1. The minimum atomic E-state index is -0.138. The number of nitrogens with one attached hydrogen (secondary N) is 2. The quantitative estimate of drug-likeness (QED) is 0.717. The zero-order valence-electron chi connectivity index (χ0n) is 14.8. The molecule has 26 heavy (non-hydrogen) atoms. The maximum absolute atomic E-state index is 12.1. The molecule has 1 amide bonds. The first-order valence-electron chi connectivity index (χ1n) is 8.45. The third-order valence-corrected chi connectivity index (χ3v) is 4.67. The Morgan fingerprint density at radius 2 is 2.12 bits per heavy atom. The van der Waals surface area contributed by atoms with E-state index in [2.05, 4.69) is 20.6 Å². The van der Waals surface area contributed by atoms with Crippen LogP contribution in [0, 0.1) is 6.92 Å². The average molecular weight is 376 g/mol. The van der Waals surface area contributed by atoms with Crippen molar-refractivity contribution in [1.29, 1.82) is 0 Å². The smallest absolute Gasteiger partial charge is 0.258 e. The number of anilines is 2. The van der Waals surface area contributed by atoms with E-state index >= 15 is 0 Å². The van der Waals surface area contributed by atoms with Crippen LogP contribution < -0.4 is 21.1 Å². The molecule has 0 spiro atoms. The van der Waals surface area contributed by atoms with Gasteiger partial charge in [0.05, 0.1) is 5.69 Å². The molecule has 1 saturated carbocycles. The number of aromatic nitrogens is 2. The van der Waals surface area contributed by atoms with Crippen LogP contribution in [0.1, 0.15) is 30.0 Å². The maximum atomic E-state index is 12.1.